The summed E-state index contributed by atoms with van der Waals surface area (Å²) in [5, 5.41) is 2.87. The van der Waals surface area contributed by atoms with Crippen molar-refractivity contribution in [2.24, 2.45) is 0 Å². The maximum absolute atomic E-state index is 11.8. The number of fused-ring (bicyclic) bond motifs is 1. The van der Waals surface area contributed by atoms with E-state index in [9.17, 15) is 4.79 Å². The highest BCUT2D eigenvalue weighted by Gasteiger charge is 2.22. The maximum atomic E-state index is 11.8. The summed E-state index contributed by atoms with van der Waals surface area (Å²) < 4.78 is 0. The van der Waals surface area contributed by atoms with Crippen LogP contribution >= 0.6 is 0 Å². The van der Waals surface area contributed by atoms with Crippen LogP contribution in [-0.2, 0) is 6.42 Å². The summed E-state index contributed by atoms with van der Waals surface area (Å²) in [4.78, 5) is 21.9. The van der Waals surface area contributed by atoms with Crippen molar-refractivity contribution in [1.29, 1.82) is 0 Å². The predicted octanol–water partition coefficient (Wildman–Crippen LogP) is 1.14. The van der Waals surface area contributed by atoms with Crippen molar-refractivity contribution in [3.63, 3.8) is 0 Å². The van der Waals surface area contributed by atoms with Crippen molar-refractivity contribution in [2.75, 3.05) is 26.7 Å². The van der Waals surface area contributed by atoms with Crippen molar-refractivity contribution < 1.29 is 4.79 Å². The van der Waals surface area contributed by atoms with E-state index in [0.29, 0.717) is 11.6 Å². The summed E-state index contributed by atoms with van der Waals surface area (Å²) in [5.41, 5.74) is 1.58. The molecule has 1 aliphatic rings. The summed E-state index contributed by atoms with van der Waals surface area (Å²) in [5.74, 6) is 1.20. The van der Waals surface area contributed by atoms with Gasteiger partial charge in [0, 0.05) is 24.7 Å². The molecule has 18 heavy (non-hydrogen) atoms. The Hall–Kier alpha value is -1.36. The predicted molar refractivity (Wildman–Crippen MR) is 70.8 cm³/mol. The monoisotopic (exact) mass is 250 g/mol. The third-order valence-corrected chi connectivity index (χ3v) is 3.49. The second-order valence-electron chi connectivity index (χ2n) is 5.06. The lowest BCUT2D eigenvalue weighted by Gasteiger charge is -2.17. The smallest absolute Gasteiger partial charge is 0.271 e. The number of aromatic nitrogens is 2. The number of aryl methyl sites for hydroxylation is 1. The van der Waals surface area contributed by atoms with Gasteiger partial charge in [0.15, 0.2) is 0 Å². The molecule has 1 aliphatic heterocycles. The van der Waals surface area contributed by atoms with E-state index in [-0.39, 0.29) is 5.91 Å². The van der Waals surface area contributed by atoms with Crippen LogP contribution in [0.15, 0.2) is 0 Å². The summed E-state index contributed by atoms with van der Waals surface area (Å²) >= 11 is 0. The minimum Gasteiger partial charge on any atom is -0.351 e. The number of carbonyl (C=O) groups excluding carboxylic acids is 1. The third kappa shape index (κ3) is 2.72. The SMILES string of the molecule is CCN(C)CC(C)c1nc2c([nH]1)CCCNC2=O. The molecule has 1 atom stereocenters. The van der Waals surface area contributed by atoms with Gasteiger partial charge in [-0.25, -0.2) is 4.98 Å². The number of nitrogens with one attached hydrogen (secondary N) is 2. The summed E-state index contributed by atoms with van der Waals surface area (Å²) in [6, 6.07) is 0. The first-order chi connectivity index (χ1) is 8.61. The average molecular weight is 250 g/mol. The Bertz CT molecular complexity index is 427. The molecule has 100 valence electrons. The molecular formula is C13H22N4O. The fourth-order valence-electron chi connectivity index (χ4n) is 2.27. The van der Waals surface area contributed by atoms with Crippen LogP contribution in [-0.4, -0.2) is 47.5 Å². The van der Waals surface area contributed by atoms with Gasteiger partial charge in [-0.2, -0.15) is 0 Å². The van der Waals surface area contributed by atoms with E-state index in [1.54, 1.807) is 0 Å². The number of likely N-dealkylation sites (N-methyl/N-ethyl adjacent to an activating group) is 1. The number of aromatic amines is 1. The molecule has 0 bridgehead atoms. The van der Waals surface area contributed by atoms with Gasteiger partial charge in [0.25, 0.3) is 5.91 Å². The van der Waals surface area contributed by atoms with E-state index in [4.69, 9.17) is 0 Å². The van der Waals surface area contributed by atoms with Gasteiger partial charge in [0.1, 0.15) is 11.5 Å². The van der Waals surface area contributed by atoms with Gasteiger partial charge < -0.3 is 15.2 Å². The topological polar surface area (TPSA) is 61.0 Å². The summed E-state index contributed by atoms with van der Waals surface area (Å²) in [6.45, 7) is 6.99. The number of carbonyl (C=O) groups is 1. The van der Waals surface area contributed by atoms with E-state index in [2.05, 4.69) is 41.1 Å². The first-order valence-corrected chi connectivity index (χ1v) is 6.67. The third-order valence-electron chi connectivity index (χ3n) is 3.49. The average Bonchev–Trinajstić information content (AvgIpc) is 2.71. The van der Waals surface area contributed by atoms with Gasteiger partial charge >= 0.3 is 0 Å². The Kier molecular flexibility index (Phi) is 4.01. The molecule has 1 amide bonds. The normalized spacial score (nSPS) is 17.2. The van der Waals surface area contributed by atoms with E-state index < -0.39 is 0 Å². The second kappa shape index (κ2) is 5.52. The Labute approximate surface area is 108 Å². The first-order valence-electron chi connectivity index (χ1n) is 6.67. The quantitative estimate of drug-likeness (QED) is 0.842. The highest BCUT2D eigenvalue weighted by Crippen LogP contribution is 2.18. The lowest BCUT2D eigenvalue weighted by Crippen LogP contribution is -2.24. The van der Waals surface area contributed by atoms with Crippen LogP contribution in [0, 0.1) is 0 Å². The number of nitrogens with zero attached hydrogens (tertiary/aromatic N) is 2. The van der Waals surface area contributed by atoms with Gasteiger partial charge in [-0.15, -0.1) is 0 Å². The second-order valence-corrected chi connectivity index (χ2v) is 5.06. The highest BCUT2D eigenvalue weighted by atomic mass is 16.1. The molecule has 1 unspecified atom stereocenters. The van der Waals surface area contributed by atoms with E-state index >= 15 is 0 Å². The molecule has 1 aromatic rings. The highest BCUT2D eigenvalue weighted by molar-refractivity contribution is 5.93. The number of hydrogen-bond donors (Lipinski definition) is 2. The lowest BCUT2D eigenvalue weighted by atomic mass is 10.1. The molecule has 0 spiro atoms. The Morgan fingerprint density at radius 1 is 1.50 bits per heavy atom. The maximum Gasteiger partial charge on any atom is 0.271 e. The zero-order valence-electron chi connectivity index (χ0n) is 11.4. The number of imidazole rings is 1. The van der Waals surface area contributed by atoms with Crippen LogP contribution in [0.1, 0.15) is 48.2 Å². The van der Waals surface area contributed by atoms with Crippen LogP contribution in [0.25, 0.3) is 0 Å². The molecule has 5 heteroatoms. The van der Waals surface area contributed by atoms with E-state index in [0.717, 1.165) is 44.0 Å². The van der Waals surface area contributed by atoms with Gasteiger partial charge in [-0.3, -0.25) is 4.79 Å². The summed E-state index contributed by atoms with van der Waals surface area (Å²) in [7, 11) is 2.09. The molecule has 0 radical (unpaired) electrons. The van der Waals surface area contributed by atoms with Gasteiger partial charge in [-0.1, -0.05) is 13.8 Å². The molecule has 0 fully saturated rings. The van der Waals surface area contributed by atoms with Crippen LogP contribution in [0.4, 0.5) is 0 Å². The van der Waals surface area contributed by atoms with Crippen molar-refractivity contribution in [3.05, 3.63) is 17.2 Å². The Morgan fingerprint density at radius 2 is 2.28 bits per heavy atom. The van der Waals surface area contributed by atoms with E-state index in [1.165, 1.54) is 0 Å². The summed E-state index contributed by atoms with van der Waals surface area (Å²) in [6.07, 6.45) is 1.88. The number of hydrogen-bond acceptors (Lipinski definition) is 3. The molecule has 0 saturated carbocycles. The minimum atomic E-state index is -0.0407. The minimum absolute atomic E-state index is 0.0407. The molecule has 2 heterocycles. The largest absolute Gasteiger partial charge is 0.351 e. The van der Waals surface area contributed by atoms with Gasteiger partial charge in [0.05, 0.1) is 0 Å². The zero-order chi connectivity index (χ0) is 13.1. The Morgan fingerprint density at radius 3 is 3.00 bits per heavy atom. The molecule has 0 aromatic carbocycles. The molecule has 2 N–H and O–H groups in total. The van der Waals surface area contributed by atoms with Crippen LogP contribution in [0.3, 0.4) is 0 Å². The van der Waals surface area contributed by atoms with Crippen molar-refractivity contribution in [1.82, 2.24) is 20.2 Å². The first kappa shape index (κ1) is 13.1. The van der Waals surface area contributed by atoms with Crippen LogP contribution in [0.5, 0.6) is 0 Å². The standard InChI is InChI=1S/C13H22N4O/c1-4-17(3)8-9(2)12-15-10-6-5-7-14-13(18)11(10)16-12/h9H,4-8H2,1-3H3,(H,14,18)(H,15,16). The molecule has 0 saturated heterocycles. The Balaban J connectivity index is 2.16. The molecule has 1 aromatic heterocycles. The van der Waals surface area contributed by atoms with Crippen LogP contribution < -0.4 is 5.32 Å². The molecule has 0 aliphatic carbocycles. The van der Waals surface area contributed by atoms with Crippen molar-refractivity contribution >= 4 is 5.91 Å². The molecule has 5 nitrogen and oxygen atoms in total. The fourth-order valence-corrected chi connectivity index (χ4v) is 2.27. The van der Waals surface area contributed by atoms with Crippen LogP contribution in [0.2, 0.25) is 0 Å². The number of amides is 1. The number of H-pyrrole nitrogens is 1. The lowest BCUT2D eigenvalue weighted by molar-refractivity contribution is 0.0951. The van der Waals surface area contributed by atoms with Gasteiger partial charge in [0.2, 0.25) is 0 Å². The van der Waals surface area contributed by atoms with Crippen molar-refractivity contribution in [3.8, 4) is 0 Å². The molecule has 2 rings (SSSR count). The van der Waals surface area contributed by atoms with E-state index in [1.807, 2.05) is 0 Å². The van der Waals surface area contributed by atoms with Crippen molar-refractivity contribution in [2.45, 2.75) is 32.6 Å². The fraction of sp³-hybridized carbons (Fsp3) is 0.692. The number of rotatable bonds is 4. The molecular weight excluding hydrogens is 228 g/mol. The van der Waals surface area contributed by atoms with Gasteiger partial charge in [-0.05, 0) is 26.4 Å². The zero-order valence-corrected chi connectivity index (χ0v) is 11.4.